The van der Waals surface area contributed by atoms with E-state index in [0.29, 0.717) is 0 Å². The highest BCUT2D eigenvalue weighted by atomic mass is 16.1. The van der Waals surface area contributed by atoms with Gasteiger partial charge >= 0.3 is 0 Å². The average Bonchev–Trinajstić information content (AvgIpc) is 2.65. The lowest BCUT2D eigenvalue weighted by molar-refractivity contribution is -0.121. The van der Waals surface area contributed by atoms with Gasteiger partial charge in [0.2, 0.25) is 5.91 Å². The van der Waals surface area contributed by atoms with E-state index in [2.05, 4.69) is 22.4 Å². The predicted octanol–water partition coefficient (Wildman–Crippen LogP) is 0.700. The maximum absolute atomic E-state index is 11.9. The molecule has 1 amide bonds. The largest absolute Gasteiger partial charge is 0.323 e. The van der Waals surface area contributed by atoms with Crippen LogP contribution in [0.2, 0.25) is 0 Å². The fourth-order valence-electron chi connectivity index (χ4n) is 2.00. The summed E-state index contributed by atoms with van der Waals surface area (Å²) in [4.78, 5) is 14.2. The van der Waals surface area contributed by atoms with Crippen molar-refractivity contribution in [1.29, 1.82) is 0 Å². The molecule has 1 fully saturated rings. The van der Waals surface area contributed by atoms with Gasteiger partial charge in [-0.25, -0.2) is 0 Å². The van der Waals surface area contributed by atoms with E-state index in [-0.39, 0.29) is 11.8 Å². The lowest BCUT2D eigenvalue weighted by Crippen LogP contribution is -2.35. The van der Waals surface area contributed by atoms with Crippen LogP contribution in [0.5, 0.6) is 0 Å². The topological polar surface area (TPSA) is 50.2 Å². The van der Waals surface area contributed by atoms with E-state index < -0.39 is 0 Å². The van der Waals surface area contributed by atoms with Crippen molar-refractivity contribution in [1.82, 2.24) is 14.7 Å². The van der Waals surface area contributed by atoms with E-state index in [0.717, 1.165) is 31.6 Å². The Bertz CT molecular complexity index is 366. The zero-order chi connectivity index (χ0) is 11.5. The quantitative estimate of drug-likeness (QED) is 0.801. The zero-order valence-electron chi connectivity index (χ0n) is 9.81. The summed E-state index contributed by atoms with van der Waals surface area (Å²) in [6.45, 7) is 2.01. The fourth-order valence-corrected chi connectivity index (χ4v) is 2.00. The molecule has 0 bridgehead atoms. The van der Waals surface area contributed by atoms with E-state index in [1.54, 1.807) is 10.9 Å². The van der Waals surface area contributed by atoms with Crippen LogP contribution in [0.4, 0.5) is 5.69 Å². The van der Waals surface area contributed by atoms with Crippen LogP contribution in [0.25, 0.3) is 0 Å². The Morgan fingerprint density at radius 2 is 2.12 bits per heavy atom. The molecule has 1 aliphatic rings. The third-order valence-corrected chi connectivity index (χ3v) is 3.06. The first-order valence-electron chi connectivity index (χ1n) is 5.63. The van der Waals surface area contributed by atoms with E-state index in [4.69, 9.17) is 0 Å². The molecule has 0 aromatic carbocycles. The van der Waals surface area contributed by atoms with Crippen LogP contribution >= 0.6 is 0 Å². The van der Waals surface area contributed by atoms with Gasteiger partial charge < -0.3 is 10.2 Å². The molecule has 0 spiro atoms. The van der Waals surface area contributed by atoms with Gasteiger partial charge in [0.15, 0.2) is 0 Å². The van der Waals surface area contributed by atoms with Crippen LogP contribution in [0.1, 0.15) is 12.8 Å². The molecule has 0 unspecified atom stereocenters. The maximum atomic E-state index is 11.9. The van der Waals surface area contributed by atoms with E-state index >= 15 is 0 Å². The second-order valence-electron chi connectivity index (χ2n) is 4.47. The summed E-state index contributed by atoms with van der Waals surface area (Å²) >= 11 is 0. The third-order valence-electron chi connectivity index (χ3n) is 3.06. The number of nitrogens with zero attached hydrogens (tertiary/aromatic N) is 3. The van der Waals surface area contributed by atoms with Crippen molar-refractivity contribution in [3.05, 3.63) is 12.4 Å². The van der Waals surface area contributed by atoms with Gasteiger partial charge in [-0.2, -0.15) is 5.10 Å². The van der Waals surface area contributed by atoms with E-state index in [9.17, 15) is 4.79 Å². The highest BCUT2D eigenvalue weighted by molar-refractivity contribution is 5.92. The fraction of sp³-hybridized carbons (Fsp3) is 0.636. The van der Waals surface area contributed by atoms with Crippen LogP contribution in [0, 0.1) is 5.92 Å². The highest BCUT2D eigenvalue weighted by Gasteiger charge is 2.23. The standard InChI is InChI=1S/C11H18N4O/c1-14-5-3-9(4-6-14)11(16)13-10-7-12-15(2)8-10/h7-9H,3-6H2,1-2H3,(H,13,16). The van der Waals surface area contributed by atoms with Crippen LogP contribution < -0.4 is 5.32 Å². The Labute approximate surface area is 95.4 Å². The van der Waals surface area contributed by atoms with E-state index in [1.165, 1.54) is 0 Å². The molecule has 5 heteroatoms. The zero-order valence-corrected chi connectivity index (χ0v) is 9.81. The van der Waals surface area contributed by atoms with Gasteiger partial charge in [-0.1, -0.05) is 0 Å². The van der Waals surface area contributed by atoms with Crippen molar-refractivity contribution in [2.75, 3.05) is 25.5 Å². The maximum Gasteiger partial charge on any atom is 0.227 e. The van der Waals surface area contributed by atoms with Crippen molar-refractivity contribution < 1.29 is 4.79 Å². The molecule has 2 heterocycles. The first-order valence-corrected chi connectivity index (χ1v) is 5.63. The van der Waals surface area contributed by atoms with Crippen LogP contribution in [0.15, 0.2) is 12.4 Å². The van der Waals surface area contributed by atoms with Gasteiger partial charge in [-0.15, -0.1) is 0 Å². The first kappa shape index (κ1) is 11.1. The second-order valence-corrected chi connectivity index (χ2v) is 4.47. The number of aromatic nitrogens is 2. The number of amides is 1. The number of carbonyl (C=O) groups excluding carboxylic acids is 1. The summed E-state index contributed by atoms with van der Waals surface area (Å²) < 4.78 is 1.68. The Balaban J connectivity index is 1.88. The van der Waals surface area contributed by atoms with Gasteiger partial charge in [0, 0.05) is 19.2 Å². The Morgan fingerprint density at radius 1 is 1.44 bits per heavy atom. The number of likely N-dealkylation sites (tertiary alicyclic amines) is 1. The summed E-state index contributed by atoms with van der Waals surface area (Å²) in [5.41, 5.74) is 0.784. The van der Waals surface area contributed by atoms with Crippen LogP contribution in [0.3, 0.4) is 0 Å². The van der Waals surface area contributed by atoms with Crippen molar-refractivity contribution in [2.24, 2.45) is 13.0 Å². The summed E-state index contributed by atoms with van der Waals surface area (Å²) in [7, 11) is 3.93. The van der Waals surface area contributed by atoms with Gasteiger partial charge in [0.05, 0.1) is 11.9 Å². The number of carbonyl (C=O) groups is 1. The number of piperidine rings is 1. The predicted molar refractivity (Wildman–Crippen MR) is 62.1 cm³/mol. The molecule has 0 atom stereocenters. The molecular formula is C11H18N4O. The van der Waals surface area contributed by atoms with E-state index in [1.807, 2.05) is 13.2 Å². The summed E-state index contributed by atoms with van der Waals surface area (Å²) in [5.74, 6) is 0.275. The molecule has 5 nitrogen and oxygen atoms in total. The minimum atomic E-state index is 0.126. The van der Waals surface area contributed by atoms with Crippen molar-refractivity contribution in [2.45, 2.75) is 12.8 Å². The molecule has 1 aromatic rings. The molecule has 1 N–H and O–H groups in total. The molecule has 1 aliphatic heterocycles. The molecule has 1 aromatic heterocycles. The number of aryl methyl sites for hydroxylation is 1. The molecular weight excluding hydrogens is 204 g/mol. The number of rotatable bonds is 2. The Kier molecular flexibility index (Phi) is 3.24. The number of hydrogen-bond donors (Lipinski definition) is 1. The normalized spacial score (nSPS) is 18.6. The molecule has 1 saturated heterocycles. The molecule has 0 radical (unpaired) electrons. The number of nitrogens with one attached hydrogen (secondary N) is 1. The lowest BCUT2D eigenvalue weighted by Gasteiger charge is -2.27. The summed E-state index contributed by atoms with van der Waals surface area (Å²) in [6, 6.07) is 0. The van der Waals surface area contributed by atoms with Crippen molar-refractivity contribution in [3.63, 3.8) is 0 Å². The van der Waals surface area contributed by atoms with Crippen molar-refractivity contribution >= 4 is 11.6 Å². The van der Waals surface area contributed by atoms with Gasteiger partial charge in [0.25, 0.3) is 0 Å². The second kappa shape index (κ2) is 4.65. The molecule has 88 valence electrons. The molecule has 0 saturated carbocycles. The first-order chi connectivity index (χ1) is 7.65. The average molecular weight is 222 g/mol. The van der Waals surface area contributed by atoms with Crippen LogP contribution in [-0.4, -0.2) is 40.7 Å². The van der Waals surface area contributed by atoms with Crippen molar-refractivity contribution in [3.8, 4) is 0 Å². The molecule has 16 heavy (non-hydrogen) atoms. The molecule has 2 rings (SSSR count). The minimum Gasteiger partial charge on any atom is -0.323 e. The highest BCUT2D eigenvalue weighted by Crippen LogP contribution is 2.18. The summed E-state index contributed by atoms with van der Waals surface area (Å²) in [6.07, 6.45) is 5.38. The number of anilines is 1. The minimum absolute atomic E-state index is 0.126. The summed E-state index contributed by atoms with van der Waals surface area (Å²) in [5, 5.41) is 6.93. The smallest absolute Gasteiger partial charge is 0.227 e. The lowest BCUT2D eigenvalue weighted by atomic mass is 9.96. The van der Waals surface area contributed by atoms with Gasteiger partial charge in [-0.3, -0.25) is 9.48 Å². The van der Waals surface area contributed by atoms with Crippen LogP contribution in [-0.2, 0) is 11.8 Å². The Hall–Kier alpha value is -1.36. The number of hydrogen-bond acceptors (Lipinski definition) is 3. The SMILES string of the molecule is CN1CCC(C(=O)Nc2cnn(C)c2)CC1. The molecule has 0 aliphatic carbocycles. The Morgan fingerprint density at radius 3 is 2.69 bits per heavy atom. The monoisotopic (exact) mass is 222 g/mol. The third kappa shape index (κ3) is 2.61. The van der Waals surface area contributed by atoms with Gasteiger partial charge in [-0.05, 0) is 33.0 Å². The van der Waals surface area contributed by atoms with Gasteiger partial charge in [0.1, 0.15) is 0 Å².